The third-order valence-electron chi connectivity index (χ3n) is 3.96. The molecule has 8 heteroatoms. The molecule has 0 saturated carbocycles. The molecule has 2 aromatic rings. The van der Waals surface area contributed by atoms with Crippen LogP contribution in [0.3, 0.4) is 0 Å². The zero-order valence-electron chi connectivity index (χ0n) is 13.0. The van der Waals surface area contributed by atoms with Crippen molar-refractivity contribution in [2.45, 2.75) is 38.1 Å². The number of carbonyl (C=O) groups is 1. The quantitative estimate of drug-likeness (QED) is 0.886. The number of amides is 1. The summed E-state index contributed by atoms with van der Waals surface area (Å²) in [5.41, 5.74) is 0.889. The third-order valence-corrected chi connectivity index (χ3v) is 5.26. The van der Waals surface area contributed by atoms with Gasteiger partial charge in [-0.15, -0.1) is 0 Å². The van der Waals surface area contributed by atoms with Crippen molar-refractivity contribution in [3.05, 3.63) is 30.0 Å². The molecule has 1 atom stereocenters. The minimum atomic E-state index is -3.68. The molecule has 3 rings (SSSR count). The van der Waals surface area contributed by atoms with E-state index in [1.165, 1.54) is 0 Å². The Kier molecular flexibility index (Phi) is 4.11. The van der Waals surface area contributed by atoms with E-state index in [1.807, 2.05) is 13.8 Å². The van der Waals surface area contributed by atoms with E-state index in [-0.39, 0.29) is 17.7 Å². The normalized spacial score (nSPS) is 19.2. The molecule has 1 N–H and O–H groups in total. The Bertz CT molecular complexity index is 828. The van der Waals surface area contributed by atoms with Crippen molar-refractivity contribution >= 4 is 26.9 Å². The maximum atomic E-state index is 12.4. The predicted octanol–water partition coefficient (Wildman–Crippen LogP) is 1.26. The first-order valence-corrected chi connectivity index (χ1v) is 9.16. The lowest BCUT2D eigenvalue weighted by Gasteiger charge is -2.21. The molecule has 1 unspecified atom stereocenters. The van der Waals surface area contributed by atoms with Crippen molar-refractivity contribution in [2.24, 2.45) is 0 Å². The van der Waals surface area contributed by atoms with Crippen LogP contribution in [0.2, 0.25) is 0 Å². The molecular weight excluding hydrogens is 318 g/mol. The number of carbonyl (C=O) groups excluding carboxylic acids is 1. The summed E-state index contributed by atoms with van der Waals surface area (Å²) in [6, 6.07) is 6.45. The summed E-state index contributed by atoms with van der Waals surface area (Å²) in [7, 11) is -3.68. The van der Waals surface area contributed by atoms with Gasteiger partial charge in [0.2, 0.25) is 15.9 Å². The summed E-state index contributed by atoms with van der Waals surface area (Å²) < 4.78 is 32.3. The summed E-state index contributed by atoms with van der Waals surface area (Å²) in [5, 5.41) is 4.49. The average molecular weight is 337 g/mol. The second-order valence-corrected chi connectivity index (χ2v) is 7.72. The van der Waals surface area contributed by atoms with Crippen molar-refractivity contribution in [3.8, 4) is 0 Å². The number of likely N-dealkylation sites (tertiary alicyclic amines) is 1. The standard InChI is InChI=1S/C15H19N3O4S/c1-10(2)18-8-7-12(15(18)19)17-23(20,21)9-13-11-5-3-4-6-14(11)22-16-13/h3-6,10,12,17H,7-9H2,1-2H3. The lowest BCUT2D eigenvalue weighted by Crippen LogP contribution is -2.43. The van der Waals surface area contributed by atoms with Crippen LogP contribution in [0.15, 0.2) is 28.8 Å². The largest absolute Gasteiger partial charge is 0.356 e. The molecule has 0 radical (unpaired) electrons. The van der Waals surface area contributed by atoms with Gasteiger partial charge in [0.25, 0.3) is 0 Å². The molecule has 1 aromatic heterocycles. The fourth-order valence-corrected chi connectivity index (χ4v) is 4.11. The van der Waals surface area contributed by atoms with E-state index in [1.54, 1.807) is 29.2 Å². The first-order valence-electron chi connectivity index (χ1n) is 7.51. The van der Waals surface area contributed by atoms with Crippen LogP contribution in [0.5, 0.6) is 0 Å². The highest BCUT2D eigenvalue weighted by Crippen LogP contribution is 2.20. The molecule has 23 heavy (non-hydrogen) atoms. The lowest BCUT2D eigenvalue weighted by atomic mass is 10.2. The molecule has 7 nitrogen and oxygen atoms in total. The minimum absolute atomic E-state index is 0.0662. The van der Waals surface area contributed by atoms with Gasteiger partial charge in [0, 0.05) is 18.0 Å². The van der Waals surface area contributed by atoms with Gasteiger partial charge in [0.05, 0.1) is 0 Å². The molecule has 1 saturated heterocycles. The van der Waals surface area contributed by atoms with Gasteiger partial charge in [-0.3, -0.25) is 4.79 Å². The van der Waals surface area contributed by atoms with Crippen molar-refractivity contribution < 1.29 is 17.7 Å². The van der Waals surface area contributed by atoms with Crippen LogP contribution >= 0.6 is 0 Å². The van der Waals surface area contributed by atoms with Gasteiger partial charge in [-0.2, -0.15) is 0 Å². The number of aromatic nitrogens is 1. The number of hydrogen-bond donors (Lipinski definition) is 1. The average Bonchev–Trinajstić information content (AvgIpc) is 3.04. The van der Waals surface area contributed by atoms with Crippen LogP contribution in [-0.4, -0.2) is 43.0 Å². The van der Waals surface area contributed by atoms with E-state index < -0.39 is 16.1 Å². The molecule has 1 aliphatic rings. The Morgan fingerprint density at radius 2 is 2.13 bits per heavy atom. The third kappa shape index (κ3) is 3.23. The van der Waals surface area contributed by atoms with Crippen LogP contribution in [0.4, 0.5) is 0 Å². The summed E-state index contributed by atoms with van der Waals surface area (Å²) in [5.74, 6) is -0.483. The molecule has 0 bridgehead atoms. The van der Waals surface area contributed by atoms with Gasteiger partial charge < -0.3 is 9.42 Å². The second kappa shape index (κ2) is 5.93. The number of para-hydroxylation sites is 1. The molecule has 124 valence electrons. The highest BCUT2D eigenvalue weighted by atomic mass is 32.2. The SMILES string of the molecule is CC(C)N1CCC(NS(=O)(=O)Cc2noc3ccccc23)C1=O. The zero-order chi connectivity index (χ0) is 16.6. The van der Waals surface area contributed by atoms with E-state index >= 15 is 0 Å². The van der Waals surface area contributed by atoms with Gasteiger partial charge >= 0.3 is 0 Å². The minimum Gasteiger partial charge on any atom is -0.356 e. The first-order chi connectivity index (χ1) is 10.9. The van der Waals surface area contributed by atoms with Crippen molar-refractivity contribution in [2.75, 3.05) is 6.54 Å². The van der Waals surface area contributed by atoms with Crippen LogP contribution in [-0.2, 0) is 20.6 Å². The van der Waals surface area contributed by atoms with Gasteiger partial charge in [0.15, 0.2) is 5.58 Å². The summed E-state index contributed by atoms with van der Waals surface area (Å²) in [4.78, 5) is 13.9. The van der Waals surface area contributed by atoms with Gasteiger partial charge in [-0.05, 0) is 32.4 Å². The van der Waals surface area contributed by atoms with Crippen molar-refractivity contribution in [1.82, 2.24) is 14.8 Å². The van der Waals surface area contributed by atoms with Crippen LogP contribution in [0.25, 0.3) is 11.0 Å². The molecule has 2 heterocycles. The topological polar surface area (TPSA) is 92.5 Å². The summed E-state index contributed by atoms with van der Waals surface area (Å²) in [6.45, 7) is 4.39. The molecule has 1 aliphatic heterocycles. The van der Waals surface area contributed by atoms with E-state index in [0.29, 0.717) is 29.6 Å². The van der Waals surface area contributed by atoms with E-state index in [0.717, 1.165) is 0 Å². The van der Waals surface area contributed by atoms with Crippen LogP contribution in [0.1, 0.15) is 26.0 Å². The monoisotopic (exact) mass is 337 g/mol. The molecule has 1 fully saturated rings. The Morgan fingerprint density at radius 1 is 1.39 bits per heavy atom. The number of nitrogens with one attached hydrogen (secondary N) is 1. The Morgan fingerprint density at radius 3 is 2.83 bits per heavy atom. The zero-order valence-corrected chi connectivity index (χ0v) is 13.8. The summed E-state index contributed by atoms with van der Waals surface area (Å²) >= 11 is 0. The Hall–Kier alpha value is -1.93. The highest BCUT2D eigenvalue weighted by Gasteiger charge is 2.35. The maximum absolute atomic E-state index is 12.4. The highest BCUT2D eigenvalue weighted by molar-refractivity contribution is 7.88. The predicted molar refractivity (Wildman–Crippen MR) is 85.0 cm³/mol. The Labute approximate surface area is 134 Å². The van der Waals surface area contributed by atoms with Gasteiger partial charge in [-0.1, -0.05) is 17.3 Å². The number of hydrogen-bond acceptors (Lipinski definition) is 5. The number of fused-ring (bicyclic) bond motifs is 1. The fraction of sp³-hybridized carbons (Fsp3) is 0.467. The number of rotatable bonds is 5. The van der Waals surface area contributed by atoms with Crippen LogP contribution in [0, 0.1) is 0 Å². The smallest absolute Gasteiger partial charge is 0.241 e. The van der Waals surface area contributed by atoms with E-state index in [2.05, 4.69) is 9.88 Å². The van der Waals surface area contributed by atoms with Crippen molar-refractivity contribution in [1.29, 1.82) is 0 Å². The summed E-state index contributed by atoms with van der Waals surface area (Å²) in [6.07, 6.45) is 0.482. The van der Waals surface area contributed by atoms with Gasteiger partial charge in [0.1, 0.15) is 17.5 Å². The van der Waals surface area contributed by atoms with E-state index in [4.69, 9.17) is 4.52 Å². The maximum Gasteiger partial charge on any atom is 0.241 e. The first kappa shape index (κ1) is 15.9. The lowest BCUT2D eigenvalue weighted by molar-refractivity contribution is -0.130. The molecule has 1 aromatic carbocycles. The molecule has 0 aliphatic carbocycles. The number of benzene rings is 1. The number of nitrogens with zero attached hydrogens (tertiary/aromatic N) is 2. The fourth-order valence-electron chi connectivity index (χ4n) is 2.80. The van der Waals surface area contributed by atoms with Crippen LogP contribution < -0.4 is 4.72 Å². The van der Waals surface area contributed by atoms with Crippen molar-refractivity contribution in [3.63, 3.8) is 0 Å². The molecular formula is C15H19N3O4S. The molecule has 0 spiro atoms. The van der Waals surface area contributed by atoms with Gasteiger partial charge in [-0.25, -0.2) is 13.1 Å². The Balaban J connectivity index is 1.74. The van der Waals surface area contributed by atoms with E-state index in [9.17, 15) is 13.2 Å². The second-order valence-electron chi connectivity index (χ2n) is 5.97. The number of sulfonamides is 1. The molecule has 1 amide bonds.